The highest BCUT2D eigenvalue weighted by Gasteiger charge is 2.47. The number of hydrogen-bond donors (Lipinski definition) is 1. The van der Waals surface area contributed by atoms with Crippen LogP contribution in [0.3, 0.4) is 0 Å². The summed E-state index contributed by atoms with van der Waals surface area (Å²) in [6.45, 7) is 5.20. The molecule has 0 aliphatic carbocycles. The molecule has 0 saturated carbocycles. The summed E-state index contributed by atoms with van der Waals surface area (Å²) in [4.78, 5) is 16.6. The predicted molar refractivity (Wildman–Crippen MR) is 87.9 cm³/mol. The minimum Gasteiger partial charge on any atom is -0.465 e. The number of aliphatic hydroxyl groups excluding tert-OH is 1. The van der Waals surface area contributed by atoms with E-state index in [1.165, 1.54) is 0 Å². The SMILES string of the molecule is CCCc1ccc(CN2CCC3(CC2)CC(O)CN(C)C3=O)o1. The van der Waals surface area contributed by atoms with Gasteiger partial charge in [0.1, 0.15) is 11.5 Å². The number of carbonyl (C=O) groups is 1. The Morgan fingerprint density at radius 3 is 2.70 bits per heavy atom. The number of carbonyl (C=O) groups excluding carboxylic acids is 1. The Bertz CT molecular complexity index is 546. The van der Waals surface area contributed by atoms with E-state index in [0.29, 0.717) is 13.0 Å². The fraction of sp³-hybridized carbons (Fsp3) is 0.722. The van der Waals surface area contributed by atoms with E-state index in [1.54, 1.807) is 11.9 Å². The maximum Gasteiger partial charge on any atom is 0.228 e. The van der Waals surface area contributed by atoms with Crippen LogP contribution in [0.25, 0.3) is 0 Å². The van der Waals surface area contributed by atoms with Gasteiger partial charge in [-0.3, -0.25) is 9.69 Å². The predicted octanol–water partition coefficient (Wildman–Crippen LogP) is 2.04. The van der Waals surface area contributed by atoms with Gasteiger partial charge in [-0.15, -0.1) is 0 Å². The number of furan rings is 1. The monoisotopic (exact) mass is 320 g/mol. The maximum atomic E-state index is 12.6. The number of β-amino-alcohol motifs (C(OH)–C–C–N with tert-alkyl or cyclic N) is 1. The molecule has 128 valence electrons. The molecule has 1 amide bonds. The number of piperidine rings is 2. The Balaban J connectivity index is 1.58. The zero-order chi connectivity index (χ0) is 16.4. The third kappa shape index (κ3) is 3.45. The molecule has 0 bridgehead atoms. The van der Waals surface area contributed by atoms with Crippen LogP contribution in [-0.2, 0) is 17.8 Å². The van der Waals surface area contributed by atoms with Gasteiger partial charge in [0.15, 0.2) is 0 Å². The molecule has 1 aromatic heterocycles. The molecule has 1 atom stereocenters. The average Bonchev–Trinajstić information content (AvgIpc) is 2.95. The standard InChI is InChI=1S/C18H28N2O3/c1-3-4-15-5-6-16(23-15)13-20-9-7-18(8-10-20)11-14(21)12-19(2)17(18)22/h5-6,14,21H,3-4,7-13H2,1-2H3. The Labute approximate surface area is 138 Å². The van der Waals surface area contributed by atoms with Crippen molar-refractivity contribution in [1.29, 1.82) is 0 Å². The number of likely N-dealkylation sites (N-methyl/N-ethyl adjacent to an activating group) is 1. The van der Waals surface area contributed by atoms with Crippen LogP contribution in [0.4, 0.5) is 0 Å². The number of likely N-dealkylation sites (tertiary alicyclic amines) is 2. The molecule has 23 heavy (non-hydrogen) atoms. The third-order valence-corrected chi connectivity index (χ3v) is 5.32. The van der Waals surface area contributed by atoms with Crippen molar-refractivity contribution in [3.05, 3.63) is 23.7 Å². The normalized spacial score (nSPS) is 25.3. The van der Waals surface area contributed by atoms with Gasteiger partial charge in [-0.25, -0.2) is 0 Å². The quantitative estimate of drug-likeness (QED) is 0.922. The van der Waals surface area contributed by atoms with Gasteiger partial charge in [-0.1, -0.05) is 6.92 Å². The van der Waals surface area contributed by atoms with Crippen molar-refractivity contribution in [3.8, 4) is 0 Å². The second-order valence-corrected chi connectivity index (χ2v) is 7.22. The van der Waals surface area contributed by atoms with Gasteiger partial charge in [0.25, 0.3) is 0 Å². The number of aryl methyl sites for hydroxylation is 1. The minimum atomic E-state index is -0.383. The second kappa shape index (κ2) is 6.65. The van der Waals surface area contributed by atoms with E-state index in [-0.39, 0.29) is 17.4 Å². The Morgan fingerprint density at radius 1 is 1.30 bits per heavy atom. The molecule has 0 aromatic carbocycles. The van der Waals surface area contributed by atoms with Gasteiger partial charge < -0.3 is 14.4 Å². The average molecular weight is 320 g/mol. The van der Waals surface area contributed by atoms with Crippen LogP contribution in [0.15, 0.2) is 16.5 Å². The van der Waals surface area contributed by atoms with Crippen LogP contribution in [0, 0.1) is 5.41 Å². The fourth-order valence-electron chi connectivity index (χ4n) is 4.07. The summed E-state index contributed by atoms with van der Waals surface area (Å²) in [5.41, 5.74) is -0.348. The lowest BCUT2D eigenvalue weighted by molar-refractivity contribution is -0.154. The number of hydrogen-bond acceptors (Lipinski definition) is 4. The van der Waals surface area contributed by atoms with Crippen molar-refractivity contribution in [2.24, 2.45) is 5.41 Å². The van der Waals surface area contributed by atoms with Crippen molar-refractivity contribution in [2.45, 2.75) is 51.7 Å². The van der Waals surface area contributed by atoms with E-state index < -0.39 is 0 Å². The molecule has 1 unspecified atom stereocenters. The zero-order valence-electron chi connectivity index (χ0n) is 14.3. The van der Waals surface area contributed by atoms with E-state index in [4.69, 9.17) is 4.42 Å². The Morgan fingerprint density at radius 2 is 2.00 bits per heavy atom. The van der Waals surface area contributed by atoms with E-state index in [9.17, 15) is 9.90 Å². The molecule has 2 aliphatic rings. The first-order valence-electron chi connectivity index (χ1n) is 8.76. The second-order valence-electron chi connectivity index (χ2n) is 7.22. The van der Waals surface area contributed by atoms with Crippen molar-refractivity contribution >= 4 is 5.91 Å². The van der Waals surface area contributed by atoms with Gasteiger partial charge in [0, 0.05) is 20.0 Å². The molecule has 2 saturated heterocycles. The third-order valence-electron chi connectivity index (χ3n) is 5.32. The van der Waals surface area contributed by atoms with Crippen LogP contribution < -0.4 is 0 Å². The lowest BCUT2D eigenvalue weighted by Crippen LogP contribution is -2.56. The van der Waals surface area contributed by atoms with E-state index in [0.717, 1.165) is 56.8 Å². The van der Waals surface area contributed by atoms with E-state index >= 15 is 0 Å². The summed E-state index contributed by atoms with van der Waals surface area (Å²) in [6, 6.07) is 4.14. The van der Waals surface area contributed by atoms with Crippen molar-refractivity contribution < 1.29 is 14.3 Å². The minimum absolute atomic E-state index is 0.214. The topological polar surface area (TPSA) is 56.9 Å². The number of nitrogens with zero attached hydrogens (tertiary/aromatic N) is 2. The van der Waals surface area contributed by atoms with E-state index in [2.05, 4.69) is 24.0 Å². The van der Waals surface area contributed by atoms with Crippen LogP contribution in [-0.4, -0.2) is 53.6 Å². The van der Waals surface area contributed by atoms with Crippen molar-refractivity contribution in [1.82, 2.24) is 9.80 Å². The zero-order valence-corrected chi connectivity index (χ0v) is 14.3. The fourth-order valence-corrected chi connectivity index (χ4v) is 4.07. The molecule has 1 aromatic rings. The largest absolute Gasteiger partial charge is 0.465 e. The van der Waals surface area contributed by atoms with Gasteiger partial charge in [0.2, 0.25) is 5.91 Å². The molecule has 1 spiro atoms. The summed E-state index contributed by atoms with van der Waals surface area (Å²) in [6.07, 6.45) is 3.97. The lowest BCUT2D eigenvalue weighted by atomic mass is 9.71. The smallest absolute Gasteiger partial charge is 0.228 e. The highest BCUT2D eigenvalue weighted by atomic mass is 16.3. The summed E-state index contributed by atoms with van der Waals surface area (Å²) < 4.78 is 5.86. The highest BCUT2D eigenvalue weighted by Crippen LogP contribution is 2.40. The highest BCUT2D eigenvalue weighted by molar-refractivity contribution is 5.83. The first-order chi connectivity index (χ1) is 11.0. The summed E-state index contributed by atoms with van der Waals surface area (Å²) >= 11 is 0. The molecular weight excluding hydrogens is 292 g/mol. The molecule has 3 rings (SSSR count). The first-order valence-corrected chi connectivity index (χ1v) is 8.76. The Hall–Kier alpha value is -1.33. The van der Waals surface area contributed by atoms with Crippen LogP contribution in [0.5, 0.6) is 0 Å². The van der Waals surface area contributed by atoms with Gasteiger partial charge in [-0.05, 0) is 50.9 Å². The lowest BCUT2D eigenvalue weighted by Gasteiger charge is -2.46. The number of aliphatic hydroxyl groups is 1. The molecule has 5 nitrogen and oxygen atoms in total. The van der Waals surface area contributed by atoms with Gasteiger partial charge in [0.05, 0.1) is 18.1 Å². The molecule has 1 N–H and O–H groups in total. The van der Waals surface area contributed by atoms with Crippen molar-refractivity contribution in [3.63, 3.8) is 0 Å². The maximum absolute atomic E-state index is 12.6. The number of amides is 1. The molecule has 0 radical (unpaired) electrons. The van der Waals surface area contributed by atoms with Gasteiger partial charge in [-0.2, -0.15) is 0 Å². The Kier molecular flexibility index (Phi) is 4.78. The van der Waals surface area contributed by atoms with Gasteiger partial charge >= 0.3 is 0 Å². The van der Waals surface area contributed by atoms with Crippen molar-refractivity contribution in [2.75, 3.05) is 26.7 Å². The molecular formula is C18H28N2O3. The van der Waals surface area contributed by atoms with Crippen LogP contribution in [0.2, 0.25) is 0 Å². The summed E-state index contributed by atoms with van der Waals surface area (Å²) in [7, 11) is 1.80. The first kappa shape index (κ1) is 16.5. The summed E-state index contributed by atoms with van der Waals surface area (Å²) in [5.74, 6) is 2.28. The molecule has 2 fully saturated rings. The van der Waals surface area contributed by atoms with Crippen LogP contribution >= 0.6 is 0 Å². The van der Waals surface area contributed by atoms with Crippen LogP contribution in [0.1, 0.15) is 44.1 Å². The van der Waals surface area contributed by atoms with E-state index in [1.807, 2.05) is 0 Å². The molecule has 5 heteroatoms. The molecule has 2 aliphatic heterocycles. The number of rotatable bonds is 4. The molecule has 3 heterocycles. The summed E-state index contributed by atoms with van der Waals surface area (Å²) in [5, 5.41) is 10.0.